The Morgan fingerprint density at radius 2 is 1.00 bits per heavy atom. The molecule has 0 saturated heterocycles. The third kappa shape index (κ3) is 9.29. The summed E-state index contributed by atoms with van der Waals surface area (Å²) in [6.07, 6.45) is 0. The Hall–Kier alpha value is 3.86. The summed E-state index contributed by atoms with van der Waals surface area (Å²) in [6.45, 7) is 0. The van der Waals surface area contributed by atoms with Crippen molar-refractivity contribution in [1.29, 1.82) is 0 Å². The Bertz CT molecular complexity index is 8.00. The Morgan fingerprint density at radius 1 is 1.00 bits per heavy atom. The summed E-state index contributed by atoms with van der Waals surface area (Å²) in [7, 11) is 0. The molecule has 0 nitrogen and oxygen atoms in total. The third-order valence-electron chi connectivity index (χ3n) is 0. The molecule has 0 aromatic heterocycles. The summed E-state index contributed by atoms with van der Waals surface area (Å²) in [4.78, 5) is 0. The molecule has 17 valence electrons. The largest absolute Gasteiger partial charge is 0 e. The van der Waals surface area contributed by atoms with Crippen molar-refractivity contribution in [2.24, 2.45) is 0 Å². The molecule has 0 unspecified atom stereocenters. The van der Waals surface area contributed by atoms with Crippen molar-refractivity contribution in [1.82, 2.24) is 0 Å². The fraction of sp³-hybridized carbons (Fsp3) is 0. The van der Waals surface area contributed by atoms with Crippen molar-refractivity contribution in [3.8, 4) is 0 Å². The molecule has 0 aliphatic rings. The smallest absolute Gasteiger partial charge is 0 e. The van der Waals surface area contributed by atoms with Gasteiger partial charge in [0.1, 0.15) is 0 Å². The van der Waals surface area contributed by atoms with E-state index in [9.17, 15) is 0 Å². The van der Waals surface area contributed by atoms with Crippen LogP contribution in [0.2, 0.25) is 0 Å². The van der Waals surface area contributed by atoms with Crippen LogP contribution in [-0.4, -0.2) is 115 Å². The van der Waals surface area contributed by atoms with Gasteiger partial charge in [0.05, 0.1) is 0 Å². The van der Waals surface area contributed by atoms with E-state index in [-0.39, 0.29) is 115 Å². The predicted octanol–water partition coefficient (Wildman–Crippen LogP) is -2.06. The fourth-order valence-electron chi connectivity index (χ4n) is 0. The SMILES string of the molecule is [Bi].[CaH2].[Pb].[Sn]. The van der Waals surface area contributed by atoms with Crippen molar-refractivity contribution >= 4 is 115 Å². The molecule has 0 aliphatic carbocycles. The number of hydrogen-bond acceptors (Lipinski definition) is 0. The van der Waals surface area contributed by atoms with Gasteiger partial charge in [0.2, 0.25) is 0 Å². The summed E-state index contributed by atoms with van der Waals surface area (Å²) < 4.78 is 0. The minimum absolute atomic E-state index is 0. The van der Waals surface area contributed by atoms with Crippen molar-refractivity contribution in [2.45, 2.75) is 0 Å². The molecule has 0 aromatic carbocycles. The zero-order valence-electron chi connectivity index (χ0n) is 1.45. The molecule has 0 aromatic rings. The van der Waals surface area contributed by atoms with Gasteiger partial charge in [0.25, 0.3) is 0 Å². The summed E-state index contributed by atoms with van der Waals surface area (Å²) in [5, 5.41) is 0. The van der Waals surface area contributed by atoms with Gasteiger partial charge in [-0.1, -0.05) is 0 Å². The van der Waals surface area contributed by atoms with Crippen LogP contribution in [0.4, 0.5) is 0 Å². The van der Waals surface area contributed by atoms with Crippen LogP contribution < -0.4 is 0 Å². The maximum Gasteiger partial charge on any atom is 0 e. The second-order valence-electron chi connectivity index (χ2n) is 0. The van der Waals surface area contributed by atoms with Gasteiger partial charge >= 0.3 is 37.7 Å². The van der Waals surface area contributed by atoms with Gasteiger partial charge in [-0.15, -0.1) is 0 Å². The number of hydrogen-bond donors (Lipinski definition) is 0. The molecule has 0 fully saturated rings. The first-order valence-electron chi connectivity index (χ1n) is 0. The van der Waals surface area contributed by atoms with Crippen LogP contribution in [-0.2, 0) is 0 Å². The first kappa shape index (κ1) is 24.8. The van der Waals surface area contributed by atoms with Gasteiger partial charge < -0.3 is 0 Å². The van der Waals surface area contributed by atoms with Crippen molar-refractivity contribution in [3.63, 3.8) is 0 Å². The van der Waals surface area contributed by atoms with Gasteiger partial charge in [-0.05, 0) is 0 Å². The van der Waals surface area contributed by atoms with Crippen LogP contribution in [0.3, 0.4) is 0 Å². The van der Waals surface area contributed by atoms with Crippen LogP contribution in [0.15, 0.2) is 0 Å². The second-order valence-corrected chi connectivity index (χ2v) is 0. The predicted molar refractivity (Wildman–Crippen MR) is 25.8 cm³/mol. The van der Waals surface area contributed by atoms with E-state index in [4.69, 9.17) is 0 Å². The van der Waals surface area contributed by atoms with E-state index in [0.717, 1.165) is 0 Å². The van der Waals surface area contributed by atoms with Crippen LogP contribution in [0.1, 0.15) is 0 Å². The quantitative estimate of drug-likeness (QED) is 0.291. The molecule has 0 spiro atoms. The van der Waals surface area contributed by atoms with Gasteiger partial charge in [-0.2, -0.15) is 0 Å². The monoisotopic (exact) mass is 579 g/mol. The van der Waals surface area contributed by atoms with Gasteiger partial charge in [-0.3, -0.25) is 0 Å². The molecule has 0 amide bonds. The summed E-state index contributed by atoms with van der Waals surface area (Å²) in [5.41, 5.74) is 0. The van der Waals surface area contributed by atoms with E-state index in [1.54, 1.807) is 0 Å². The van der Waals surface area contributed by atoms with Gasteiger partial charge in [0, 0.05) is 77.4 Å². The topological polar surface area (TPSA) is 0 Å². The van der Waals surface area contributed by atoms with Gasteiger partial charge in [0.15, 0.2) is 0 Å². The average Bonchev–Trinajstić information content (AvgIpc) is 0. The minimum Gasteiger partial charge on any atom is 0 e. The molecule has 0 aliphatic heterocycles. The molecule has 0 saturated carbocycles. The van der Waals surface area contributed by atoms with Gasteiger partial charge in [-0.25, -0.2) is 0 Å². The zero-order valence-corrected chi connectivity index (χ0v) is 11.7. The van der Waals surface area contributed by atoms with Crippen molar-refractivity contribution in [2.75, 3.05) is 0 Å². The van der Waals surface area contributed by atoms with E-state index in [1.807, 2.05) is 0 Å². The van der Waals surface area contributed by atoms with E-state index in [1.165, 1.54) is 0 Å². The summed E-state index contributed by atoms with van der Waals surface area (Å²) in [5.74, 6) is 0. The molecule has 0 atom stereocenters. The Balaban J connectivity index is 0. The Labute approximate surface area is 112 Å². The Morgan fingerprint density at radius 3 is 1.00 bits per heavy atom. The van der Waals surface area contributed by atoms with E-state index in [2.05, 4.69) is 0 Å². The van der Waals surface area contributed by atoms with Crippen LogP contribution in [0.25, 0.3) is 0 Å². The molecule has 0 N–H and O–H groups in total. The molecule has 0 rings (SSSR count). The van der Waals surface area contributed by atoms with Crippen LogP contribution >= 0.6 is 0 Å². The van der Waals surface area contributed by atoms with Crippen molar-refractivity contribution < 1.29 is 0 Å². The normalized spacial score (nSPS) is 0. The molecule has 4 heteroatoms. The molecule has 0 heterocycles. The van der Waals surface area contributed by atoms with Crippen molar-refractivity contribution in [3.05, 3.63) is 0 Å². The average molecular weight is 577 g/mol. The van der Waals surface area contributed by atoms with E-state index < -0.39 is 0 Å². The van der Waals surface area contributed by atoms with E-state index >= 15 is 0 Å². The van der Waals surface area contributed by atoms with E-state index in [0.29, 0.717) is 0 Å². The standard InChI is InChI=1S/Bi.Ca.Pb.Sn.2H. The zero-order chi connectivity index (χ0) is 0. The summed E-state index contributed by atoms with van der Waals surface area (Å²) >= 11 is 0. The Kier molecular flexibility index (Phi) is 98.1. The molecular weight excluding hydrogens is 575 g/mol. The summed E-state index contributed by atoms with van der Waals surface area (Å²) in [6, 6.07) is 0. The minimum atomic E-state index is 0. The maximum absolute atomic E-state index is 0. The molecular formula is H2BiCaPbSn. The first-order valence-corrected chi connectivity index (χ1v) is 0. The molecule has 0 bridgehead atoms. The number of rotatable bonds is 0. The van der Waals surface area contributed by atoms with Crippen LogP contribution in [0, 0.1) is 0 Å². The third-order valence-corrected chi connectivity index (χ3v) is 0. The second kappa shape index (κ2) is 15.8. The molecule has 11 radical (unpaired) electrons. The van der Waals surface area contributed by atoms with Crippen LogP contribution in [0.5, 0.6) is 0 Å². The fourth-order valence-corrected chi connectivity index (χ4v) is 0. The molecule has 4 heavy (non-hydrogen) atoms. The first-order chi connectivity index (χ1) is 0. The maximum atomic E-state index is 0.